The highest BCUT2D eigenvalue weighted by Gasteiger charge is 2.42. The Balaban J connectivity index is 1.87. The van der Waals surface area contributed by atoms with Gasteiger partial charge in [-0.3, -0.25) is 0 Å². The van der Waals surface area contributed by atoms with Gasteiger partial charge in [0.05, 0.1) is 22.4 Å². The Morgan fingerprint density at radius 1 is 1.16 bits per heavy atom. The largest absolute Gasteiger partial charge is 0.372 e. The molecule has 0 N–H and O–H groups in total. The molecule has 4 heteroatoms. The van der Waals surface area contributed by atoms with Crippen LogP contribution in [0.25, 0.3) is 0 Å². The lowest BCUT2D eigenvalue weighted by Gasteiger charge is -2.33. The van der Waals surface area contributed by atoms with E-state index in [1.54, 1.807) is 24.3 Å². The van der Waals surface area contributed by atoms with Crippen molar-refractivity contribution in [1.82, 2.24) is 0 Å². The monoisotopic (exact) mass is 362 g/mol. The van der Waals surface area contributed by atoms with Crippen LogP contribution in [0, 0.1) is 11.8 Å². The summed E-state index contributed by atoms with van der Waals surface area (Å²) < 4.78 is 32.0. The molecule has 0 heterocycles. The Morgan fingerprint density at radius 2 is 1.84 bits per heavy atom. The first-order valence-corrected chi connectivity index (χ1v) is 11.0. The maximum absolute atomic E-state index is 12.8. The quantitative estimate of drug-likeness (QED) is 0.724. The van der Waals surface area contributed by atoms with Gasteiger partial charge in [0.15, 0.2) is 9.84 Å². The first-order valence-electron chi connectivity index (χ1n) is 9.34. The summed E-state index contributed by atoms with van der Waals surface area (Å²) in [6, 6.07) is 8.83. The Kier molecular flexibility index (Phi) is 5.13. The summed E-state index contributed by atoms with van der Waals surface area (Å²) in [5, 5.41) is 0. The molecule has 1 saturated carbocycles. The number of sulfone groups is 1. The van der Waals surface area contributed by atoms with Crippen LogP contribution in [0.5, 0.6) is 0 Å². The molecule has 0 amide bonds. The van der Waals surface area contributed by atoms with Gasteiger partial charge in [-0.15, -0.1) is 0 Å². The fourth-order valence-corrected chi connectivity index (χ4v) is 5.89. The predicted molar refractivity (Wildman–Crippen MR) is 101 cm³/mol. The van der Waals surface area contributed by atoms with E-state index in [-0.39, 0.29) is 17.5 Å². The number of hydrogen-bond acceptors (Lipinski definition) is 3. The molecule has 0 aliphatic heterocycles. The van der Waals surface area contributed by atoms with Crippen molar-refractivity contribution in [3.8, 4) is 0 Å². The van der Waals surface area contributed by atoms with E-state index in [1.807, 2.05) is 6.07 Å². The average Bonchev–Trinajstić information content (AvgIpc) is 2.84. The predicted octanol–water partition coefficient (Wildman–Crippen LogP) is 4.78. The van der Waals surface area contributed by atoms with Gasteiger partial charge in [-0.2, -0.15) is 0 Å². The fraction of sp³-hybridized carbons (Fsp3) is 0.619. The summed E-state index contributed by atoms with van der Waals surface area (Å²) in [7, 11) is -3.27. The Morgan fingerprint density at radius 3 is 2.48 bits per heavy atom. The minimum Gasteiger partial charge on any atom is -0.372 e. The highest BCUT2D eigenvalue weighted by atomic mass is 32.2. The third kappa shape index (κ3) is 4.17. The first kappa shape index (κ1) is 18.7. The number of benzene rings is 1. The van der Waals surface area contributed by atoms with Crippen molar-refractivity contribution in [2.45, 2.75) is 70.0 Å². The normalized spacial score (nSPS) is 27.4. The lowest BCUT2D eigenvalue weighted by Crippen LogP contribution is -2.34. The Bertz CT molecular complexity index is 741. The third-order valence-electron chi connectivity index (χ3n) is 5.35. The summed E-state index contributed by atoms with van der Waals surface area (Å²) in [5.41, 5.74) is 2.35. The van der Waals surface area contributed by atoms with E-state index in [4.69, 9.17) is 4.74 Å². The molecule has 0 bridgehead atoms. The van der Waals surface area contributed by atoms with Gasteiger partial charge in [-0.1, -0.05) is 36.3 Å². The molecule has 2 unspecified atom stereocenters. The Hall–Kier alpha value is -1.13. The molecule has 0 aromatic heterocycles. The summed E-state index contributed by atoms with van der Waals surface area (Å²) in [6.07, 6.45) is 4.28. The lowest BCUT2D eigenvalue weighted by atomic mass is 9.84. The topological polar surface area (TPSA) is 43.4 Å². The number of fused-ring (bicyclic) bond motifs is 1. The van der Waals surface area contributed by atoms with Crippen molar-refractivity contribution >= 4 is 9.84 Å². The van der Waals surface area contributed by atoms with Crippen LogP contribution in [-0.4, -0.2) is 25.9 Å². The zero-order chi connectivity index (χ0) is 18.2. The highest BCUT2D eigenvalue weighted by Crippen LogP contribution is 2.47. The van der Waals surface area contributed by atoms with Crippen LogP contribution in [0.1, 0.15) is 53.4 Å². The van der Waals surface area contributed by atoms with Gasteiger partial charge in [0.1, 0.15) is 0 Å². The second kappa shape index (κ2) is 6.88. The van der Waals surface area contributed by atoms with E-state index in [0.29, 0.717) is 16.7 Å². The van der Waals surface area contributed by atoms with Crippen LogP contribution in [0.3, 0.4) is 0 Å². The summed E-state index contributed by atoms with van der Waals surface area (Å²) in [6.45, 7) is 8.55. The highest BCUT2D eigenvalue weighted by molar-refractivity contribution is 7.91. The number of hydrogen-bond donors (Lipinski definition) is 0. The average molecular weight is 363 g/mol. The SMILES string of the molecule is CC1CC2=C(CS(=O)(=O)c3ccccc3)CCCC2[C@@H]1OC(C)(C)C. The van der Waals surface area contributed by atoms with Gasteiger partial charge in [-0.25, -0.2) is 8.42 Å². The molecule has 3 nitrogen and oxygen atoms in total. The minimum absolute atomic E-state index is 0.164. The van der Waals surface area contributed by atoms with Crippen molar-refractivity contribution in [2.24, 2.45) is 11.8 Å². The molecule has 3 rings (SSSR count). The van der Waals surface area contributed by atoms with E-state index < -0.39 is 9.84 Å². The second-order valence-electron chi connectivity index (χ2n) is 8.58. The standard InChI is InChI=1S/C21H30O3S/c1-15-13-19-16(14-25(22,23)17-10-6-5-7-11-17)9-8-12-18(19)20(15)24-21(2,3)4/h5-7,10-11,15,18,20H,8-9,12-14H2,1-4H3/t15?,18?,20-/m1/s1. The summed E-state index contributed by atoms with van der Waals surface area (Å²) in [4.78, 5) is 0.429. The molecule has 1 aromatic carbocycles. The van der Waals surface area contributed by atoms with Gasteiger partial charge in [-0.05, 0) is 64.5 Å². The van der Waals surface area contributed by atoms with Crippen molar-refractivity contribution in [2.75, 3.05) is 5.75 Å². The molecule has 1 fully saturated rings. The van der Waals surface area contributed by atoms with Crippen LogP contribution in [0.15, 0.2) is 46.4 Å². The second-order valence-corrected chi connectivity index (χ2v) is 10.6. The zero-order valence-corrected chi connectivity index (χ0v) is 16.6. The molecular weight excluding hydrogens is 332 g/mol. The molecule has 138 valence electrons. The molecule has 2 aliphatic rings. The van der Waals surface area contributed by atoms with E-state index in [2.05, 4.69) is 27.7 Å². The van der Waals surface area contributed by atoms with Gasteiger partial charge in [0.25, 0.3) is 0 Å². The van der Waals surface area contributed by atoms with Crippen LogP contribution >= 0.6 is 0 Å². The van der Waals surface area contributed by atoms with Gasteiger partial charge in [0.2, 0.25) is 0 Å². The van der Waals surface area contributed by atoms with Crippen LogP contribution in [0.4, 0.5) is 0 Å². The van der Waals surface area contributed by atoms with Crippen molar-refractivity contribution in [1.29, 1.82) is 0 Å². The van der Waals surface area contributed by atoms with Gasteiger partial charge < -0.3 is 4.74 Å². The van der Waals surface area contributed by atoms with Gasteiger partial charge in [0, 0.05) is 5.92 Å². The summed E-state index contributed by atoms with van der Waals surface area (Å²) in [5.74, 6) is 1.01. The first-order chi connectivity index (χ1) is 11.7. The smallest absolute Gasteiger partial charge is 0.182 e. The summed E-state index contributed by atoms with van der Waals surface area (Å²) >= 11 is 0. The van der Waals surface area contributed by atoms with E-state index >= 15 is 0 Å². The number of ether oxygens (including phenoxy) is 1. The lowest BCUT2D eigenvalue weighted by molar-refractivity contribution is -0.0904. The maximum atomic E-state index is 12.8. The van der Waals surface area contributed by atoms with Crippen molar-refractivity contribution in [3.05, 3.63) is 41.5 Å². The maximum Gasteiger partial charge on any atom is 0.182 e. The molecular formula is C21H30O3S. The third-order valence-corrected chi connectivity index (χ3v) is 7.07. The number of rotatable bonds is 4. The van der Waals surface area contributed by atoms with Crippen LogP contribution in [0.2, 0.25) is 0 Å². The van der Waals surface area contributed by atoms with E-state index in [1.165, 1.54) is 5.57 Å². The molecule has 0 saturated heterocycles. The molecule has 0 spiro atoms. The van der Waals surface area contributed by atoms with E-state index in [0.717, 1.165) is 31.3 Å². The molecule has 1 aromatic rings. The van der Waals surface area contributed by atoms with Crippen LogP contribution in [-0.2, 0) is 14.6 Å². The van der Waals surface area contributed by atoms with E-state index in [9.17, 15) is 8.42 Å². The van der Waals surface area contributed by atoms with Crippen LogP contribution < -0.4 is 0 Å². The molecule has 0 radical (unpaired) electrons. The molecule has 3 atom stereocenters. The Labute approximate surface area is 152 Å². The fourth-order valence-electron chi connectivity index (χ4n) is 4.36. The van der Waals surface area contributed by atoms with Crippen molar-refractivity contribution in [3.63, 3.8) is 0 Å². The zero-order valence-electron chi connectivity index (χ0n) is 15.8. The molecule has 25 heavy (non-hydrogen) atoms. The molecule has 2 aliphatic carbocycles. The van der Waals surface area contributed by atoms with Crippen molar-refractivity contribution < 1.29 is 13.2 Å². The van der Waals surface area contributed by atoms with Gasteiger partial charge >= 0.3 is 0 Å². The minimum atomic E-state index is -3.27.